The molecule has 1 amide bonds. The van der Waals surface area contributed by atoms with Crippen molar-refractivity contribution in [2.45, 2.75) is 77.6 Å². The summed E-state index contributed by atoms with van der Waals surface area (Å²) in [7, 11) is 1.66. The number of unbranched alkanes of at least 4 members (excludes halogenated alkanes) is 2. The van der Waals surface area contributed by atoms with E-state index < -0.39 is 5.41 Å². The van der Waals surface area contributed by atoms with Crippen molar-refractivity contribution in [1.82, 2.24) is 20.3 Å². The number of nitrogens with one attached hydrogen (secondary N) is 2. The number of carbonyl (C=O) groups is 2. The van der Waals surface area contributed by atoms with Crippen LogP contribution in [-0.4, -0.2) is 46.8 Å². The van der Waals surface area contributed by atoms with Gasteiger partial charge in [0.05, 0.1) is 29.9 Å². The van der Waals surface area contributed by atoms with Gasteiger partial charge in [0.15, 0.2) is 0 Å². The maximum atomic E-state index is 13.2. The second-order valence-corrected chi connectivity index (χ2v) is 11.5. The average molecular weight is 532 g/mol. The first-order valence-electron chi connectivity index (χ1n) is 14.4. The Morgan fingerprint density at radius 1 is 1.15 bits per heavy atom. The second kappa shape index (κ2) is 11.1. The number of nitrogens with two attached hydrogens (primary N) is 1. The lowest BCUT2D eigenvalue weighted by atomic mass is 9.74. The van der Waals surface area contributed by atoms with Gasteiger partial charge in [0, 0.05) is 41.5 Å². The molecule has 2 aliphatic rings. The number of ether oxygens (including phenoxy) is 1. The lowest BCUT2D eigenvalue weighted by molar-refractivity contribution is -0.126. The Morgan fingerprint density at radius 3 is 2.67 bits per heavy atom. The number of primary amides is 1. The SMILES string of the molecule is CCC(=O)CCCCC[C@H](c1ncc(-c2cc3ccc(C)nc3cc2OC)[nH]1)C1(C(N)=O)CC12CCNCC2. The maximum absolute atomic E-state index is 13.2. The van der Waals surface area contributed by atoms with Gasteiger partial charge in [-0.1, -0.05) is 25.8 Å². The van der Waals surface area contributed by atoms with Gasteiger partial charge < -0.3 is 20.8 Å². The minimum Gasteiger partial charge on any atom is -0.496 e. The molecule has 2 fully saturated rings. The summed E-state index contributed by atoms with van der Waals surface area (Å²) < 4.78 is 5.75. The van der Waals surface area contributed by atoms with E-state index in [2.05, 4.69) is 27.4 Å². The zero-order valence-electron chi connectivity index (χ0n) is 23.4. The lowest BCUT2D eigenvalue weighted by Crippen LogP contribution is -2.40. The summed E-state index contributed by atoms with van der Waals surface area (Å²) in [5.41, 5.74) is 9.16. The van der Waals surface area contributed by atoms with E-state index in [0.29, 0.717) is 18.6 Å². The quantitative estimate of drug-likeness (QED) is 0.276. The minimum absolute atomic E-state index is 0.0654. The summed E-state index contributed by atoms with van der Waals surface area (Å²) in [5.74, 6) is 1.53. The highest BCUT2D eigenvalue weighted by Gasteiger charge is 2.73. The Kier molecular flexibility index (Phi) is 7.76. The first-order valence-corrected chi connectivity index (χ1v) is 14.4. The average Bonchev–Trinajstić information content (AvgIpc) is 3.31. The zero-order valence-corrected chi connectivity index (χ0v) is 23.4. The number of aryl methyl sites for hydroxylation is 1. The van der Waals surface area contributed by atoms with Gasteiger partial charge in [0.25, 0.3) is 0 Å². The first kappa shape index (κ1) is 27.3. The predicted molar refractivity (Wildman–Crippen MR) is 153 cm³/mol. The number of H-pyrrole nitrogens is 1. The Bertz CT molecular complexity index is 1360. The fourth-order valence-corrected chi connectivity index (χ4v) is 6.96. The highest BCUT2D eigenvalue weighted by atomic mass is 16.5. The highest BCUT2D eigenvalue weighted by Crippen LogP contribution is 2.74. The highest BCUT2D eigenvalue weighted by molar-refractivity contribution is 5.88. The molecule has 3 aromatic rings. The standard InChI is InChI=1S/C31H41N5O3/c1-4-22(37)8-6-5-7-9-24(31(29(32)38)19-30(31)12-14-33-15-13-30)28-34-18-26(36-28)23-16-21-11-10-20(2)35-25(21)17-27(23)39-3/h10-11,16-18,24,33H,4-9,12-15,19H2,1-3H3,(H2,32,38)(H,34,36)/t24-,31?/m1/s1. The lowest BCUT2D eigenvalue weighted by Gasteiger charge is -2.33. The van der Waals surface area contributed by atoms with Crippen LogP contribution in [0.1, 0.15) is 82.1 Å². The van der Waals surface area contributed by atoms with E-state index in [1.807, 2.05) is 32.2 Å². The van der Waals surface area contributed by atoms with Gasteiger partial charge in [-0.05, 0) is 69.7 Å². The summed E-state index contributed by atoms with van der Waals surface area (Å²) in [5, 5.41) is 4.46. The van der Waals surface area contributed by atoms with Crippen LogP contribution in [0, 0.1) is 17.8 Å². The number of aromatic amines is 1. The number of Topliss-reactive ketones (excluding diaryl/α,β-unsaturated/α-hetero) is 1. The molecule has 0 radical (unpaired) electrons. The molecule has 2 aromatic heterocycles. The smallest absolute Gasteiger partial charge is 0.224 e. The van der Waals surface area contributed by atoms with Crippen LogP contribution in [0.4, 0.5) is 0 Å². The summed E-state index contributed by atoms with van der Waals surface area (Å²) in [6.07, 6.45) is 9.34. The number of benzene rings is 1. The molecule has 39 heavy (non-hydrogen) atoms. The van der Waals surface area contributed by atoms with E-state index in [9.17, 15) is 9.59 Å². The molecule has 8 heteroatoms. The molecule has 1 aliphatic heterocycles. The number of hydrogen-bond donors (Lipinski definition) is 3. The molecule has 1 aliphatic carbocycles. The summed E-state index contributed by atoms with van der Waals surface area (Å²) >= 11 is 0. The maximum Gasteiger partial charge on any atom is 0.224 e. The van der Waals surface area contributed by atoms with E-state index in [-0.39, 0.29) is 17.2 Å². The minimum atomic E-state index is -0.599. The molecule has 1 saturated carbocycles. The van der Waals surface area contributed by atoms with Gasteiger partial charge in [-0.25, -0.2) is 4.98 Å². The van der Waals surface area contributed by atoms with Crippen molar-refractivity contribution >= 4 is 22.6 Å². The molecule has 208 valence electrons. The molecule has 1 spiro atoms. The van der Waals surface area contributed by atoms with Crippen LogP contribution in [-0.2, 0) is 9.59 Å². The normalized spacial score (nSPS) is 20.7. The van der Waals surface area contributed by atoms with E-state index in [1.165, 1.54) is 0 Å². The Morgan fingerprint density at radius 2 is 1.95 bits per heavy atom. The third-order valence-electron chi connectivity index (χ3n) is 9.24. The summed E-state index contributed by atoms with van der Waals surface area (Å²) in [6, 6.07) is 8.11. The molecule has 0 bridgehead atoms. The third-order valence-corrected chi connectivity index (χ3v) is 9.24. The number of rotatable bonds is 12. The molecular formula is C31H41N5O3. The largest absolute Gasteiger partial charge is 0.496 e. The van der Waals surface area contributed by atoms with Crippen molar-refractivity contribution in [3.63, 3.8) is 0 Å². The van der Waals surface area contributed by atoms with Crippen LogP contribution in [0.15, 0.2) is 30.5 Å². The van der Waals surface area contributed by atoms with Crippen molar-refractivity contribution < 1.29 is 14.3 Å². The molecule has 1 saturated heterocycles. The van der Waals surface area contributed by atoms with Gasteiger partial charge in [-0.2, -0.15) is 0 Å². The van der Waals surface area contributed by atoms with Gasteiger partial charge >= 0.3 is 0 Å². The number of aromatic nitrogens is 3. The number of hydrogen-bond acceptors (Lipinski definition) is 6. The van der Waals surface area contributed by atoms with Gasteiger partial charge in [-0.3, -0.25) is 14.6 Å². The molecule has 2 atom stereocenters. The van der Waals surface area contributed by atoms with E-state index in [1.54, 1.807) is 7.11 Å². The number of methoxy groups -OCH3 is 1. The number of piperidine rings is 1. The fourth-order valence-electron chi connectivity index (χ4n) is 6.96. The van der Waals surface area contributed by atoms with Crippen LogP contribution in [0.5, 0.6) is 5.75 Å². The second-order valence-electron chi connectivity index (χ2n) is 11.5. The van der Waals surface area contributed by atoms with Gasteiger partial charge in [0.1, 0.15) is 17.4 Å². The molecular weight excluding hydrogens is 490 g/mol. The predicted octanol–water partition coefficient (Wildman–Crippen LogP) is 5.20. The summed E-state index contributed by atoms with van der Waals surface area (Å²) in [6.45, 7) is 5.71. The van der Waals surface area contributed by atoms with Crippen molar-refractivity contribution in [3.8, 4) is 17.0 Å². The number of fused-ring (bicyclic) bond motifs is 1. The topological polar surface area (TPSA) is 123 Å². The van der Waals surface area contributed by atoms with Crippen molar-refractivity contribution in [2.24, 2.45) is 16.6 Å². The van der Waals surface area contributed by atoms with Crippen LogP contribution in [0.25, 0.3) is 22.2 Å². The number of pyridine rings is 1. The van der Waals surface area contributed by atoms with Crippen LogP contribution < -0.4 is 15.8 Å². The number of imidazole rings is 1. The molecule has 3 heterocycles. The van der Waals surface area contributed by atoms with Crippen molar-refractivity contribution in [1.29, 1.82) is 0 Å². The van der Waals surface area contributed by atoms with E-state index in [0.717, 1.165) is 97.5 Å². The zero-order chi connectivity index (χ0) is 27.6. The molecule has 8 nitrogen and oxygen atoms in total. The van der Waals surface area contributed by atoms with Crippen LogP contribution >= 0.6 is 0 Å². The first-order chi connectivity index (χ1) is 18.8. The van der Waals surface area contributed by atoms with Gasteiger partial charge in [0.2, 0.25) is 5.91 Å². The number of carbonyl (C=O) groups excluding carboxylic acids is 2. The monoisotopic (exact) mass is 531 g/mol. The fraction of sp³-hybridized carbons (Fsp3) is 0.548. The van der Waals surface area contributed by atoms with Gasteiger partial charge in [-0.15, -0.1) is 0 Å². The molecule has 1 aromatic carbocycles. The molecule has 5 rings (SSSR count). The Hall–Kier alpha value is -3.26. The van der Waals surface area contributed by atoms with Crippen LogP contribution in [0.3, 0.4) is 0 Å². The number of ketones is 1. The van der Waals surface area contributed by atoms with Crippen molar-refractivity contribution in [2.75, 3.05) is 20.2 Å². The van der Waals surface area contributed by atoms with Crippen LogP contribution in [0.2, 0.25) is 0 Å². The Labute approximate surface area is 230 Å². The molecule has 4 N–H and O–H groups in total. The Balaban J connectivity index is 1.47. The number of amides is 1. The summed E-state index contributed by atoms with van der Waals surface area (Å²) in [4.78, 5) is 38.1. The van der Waals surface area contributed by atoms with Crippen molar-refractivity contribution in [3.05, 3.63) is 42.0 Å². The molecule has 1 unspecified atom stereocenters. The van der Waals surface area contributed by atoms with E-state index >= 15 is 0 Å². The van der Waals surface area contributed by atoms with E-state index in [4.69, 9.17) is 15.5 Å². The number of nitrogens with zero attached hydrogens (tertiary/aromatic N) is 2. The third kappa shape index (κ3) is 5.07.